The smallest absolute Gasteiger partial charge is 0.324 e. The number of rotatable bonds is 6. The summed E-state index contributed by atoms with van der Waals surface area (Å²) in [6.45, 7) is 3.65. The summed E-state index contributed by atoms with van der Waals surface area (Å²) in [5, 5.41) is 14.3. The minimum Gasteiger partial charge on any atom is -0.483 e. The van der Waals surface area contributed by atoms with Crippen LogP contribution in [0, 0.1) is 24.0 Å². The zero-order chi connectivity index (χ0) is 16.8. The van der Waals surface area contributed by atoms with Gasteiger partial charge in [-0.15, -0.1) is 0 Å². The molecule has 1 amide bonds. The van der Waals surface area contributed by atoms with Gasteiger partial charge in [-0.3, -0.25) is 14.9 Å². The van der Waals surface area contributed by atoms with E-state index in [9.17, 15) is 14.9 Å². The third-order valence-electron chi connectivity index (χ3n) is 2.93. The summed E-state index contributed by atoms with van der Waals surface area (Å²) in [5.74, 6) is 0.274. The maximum atomic E-state index is 11.7. The number of hydrogen-bond donors (Lipinski definition) is 1. The van der Waals surface area contributed by atoms with Gasteiger partial charge in [0.15, 0.2) is 6.61 Å². The van der Waals surface area contributed by atoms with Gasteiger partial charge in [-0.05, 0) is 31.0 Å². The van der Waals surface area contributed by atoms with Crippen LogP contribution >= 0.6 is 11.3 Å². The van der Waals surface area contributed by atoms with E-state index in [-0.39, 0.29) is 11.6 Å². The van der Waals surface area contributed by atoms with Crippen LogP contribution in [0.15, 0.2) is 35.4 Å². The van der Waals surface area contributed by atoms with Gasteiger partial charge in [0.25, 0.3) is 5.91 Å². The van der Waals surface area contributed by atoms with Crippen LogP contribution in [-0.4, -0.2) is 23.7 Å². The highest BCUT2D eigenvalue weighted by Gasteiger charge is 2.09. The summed E-state index contributed by atoms with van der Waals surface area (Å²) in [6.07, 6.45) is 1.36. The Kier molecular flexibility index (Phi) is 5.42. The third kappa shape index (κ3) is 4.62. The van der Waals surface area contributed by atoms with Gasteiger partial charge in [0, 0.05) is 6.07 Å². The molecule has 0 spiro atoms. The van der Waals surface area contributed by atoms with Crippen LogP contribution in [-0.2, 0) is 4.79 Å². The third-order valence-corrected chi connectivity index (χ3v) is 3.90. The van der Waals surface area contributed by atoms with Gasteiger partial charge in [0.1, 0.15) is 5.75 Å². The fourth-order valence-electron chi connectivity index (χ4n) is 1.87. The molecule has 0 unspecified atom stereocenters. The molecule has 0 fully saturated rings. The number of nitro groups is 1. The molecule has 1 N–H and O–H groups in total. The number of para-hydroxylation sites is 1. The summed E-state index contributed by atoms with van der Waals surface area (Å²) in [4.78, 5) is 22.3. The molecule has 0 atom stereocenters. The van der Waals surface area contributed by atoms with Crippen molar-refractivity contribution in [1.29, 1.82) is 0 Å². The molecule has 1 heterocycles. The van der Waals surface area contributed by atoms with E-state index in [0.717, 1.165) is 22.5 Å². The van der Waals surface area contributed by atoms with Gasteiger partial charge in [0.2, 0.25) is 0 Å². The fraction of sp³-hybridized carbons (Fsp3) is 0.200. The standard InChI is InChI=1S/C15H15N3O4S/c1-10-4-3-5-11(2)15(10)22-9-13(19)17-16-8-12-6-7-14(23-12)18(20)21/h3-8H,9H2,1-2H3,(H,17,19)/b16-8+. The van der Waals surface area contributed by atoms with Gasteiger partial charge in [-0.2, -0.15) is 5.10 Å². The highest BCUT2D eigenvalue weighted by Crippen LogP contribution is 2.23. The number of amides is 1. The van der Waals surface area contributed by atoms with Crippen LogP contribution in [0.1, 0.15) is 16.0 Å². The van der Waals surface area contributed by atoms with Crippen molar-refractivity contribution in [3.05, 3.63) is 56.5 Å². The van der Waals surface area contributed by atoms with Gasteiger partial charge in [0.05, 0.1) is 16.0 Å². The highest BCUT2D eigenvalue weighted by molar-refractivity contribution is 7.16. The van der Waals surface area contributed by atoms with Crippen molar-refractivity contribution in [2.45, 2.75) is 13.8 Å². The molecule has 0 bridgehead atoms. The van der Waals surface area contributed by atoms with Crippen molar-refractivity contribution in [3.8, 4) is 5.75 Å². The number of carbonyl (C=O) groups excluding carboxylic acids is 1. The van der Waals surface area contributed by atoms with E-state index < -0.39 is 10.8 Å². The quantitative estimate of drug-likeness (QED) is 0.499. The number of hydrogen-bond acceptors (Lipinski definition) is 6. The summed E-state index contributed by atoms with van der Waals surface area (Å²) < 4.78 is 5.50. The number of nitrogens with one attached hydrogen (secondary N) is 1. The Hall–Kier alpha value is -2.74. The summed E-state index contributed by atoms with van der Waals surface area (Å²) in [6, 6.07) is 8.68. The molecule has 0 aliphatic heterocycles. The molecule has 0 saturated heterocycles. The Morgan fingerprint density at radius 3 is 2.65 bits per heavy atom. The Labute approximate surface area is 136 Å². The second-order valence-corrected chi connectivity index (χ2v) is 5.83. The molecule has 0 radical (unpaired) electrons. The van der Waals surface area contributed by atoms with Crippen LogP contribution in [0.3, 0.4) is 0 Å². The van der Waals surface area contributed by atoms with Gasteiger partial charge in [-0.25, -0.2) is 5.43 Å². The summed E-state index contributed by atoms with van der Waals surface area (Å²) in [7, 11) is 0. The van der Waals surface area contributed by atoms with Crippen LogP contribution < -0.4 is 10.2 Å². The van der Waals surface area contributed by atoms with Gasteiger partial charge in [-0.1, -0.05) is 29.5 Å². The lowest BCUT2D eigenvalue weighted by atomic mass is 10.1. The van der Waals surface area contributed by atoms with Crippen molar-refractivity contribution < 1.29 is 14.5 Å². The van der Waals surface area contributed by atoms with Crippen molar-refractivity contribution in [2.75, 3.05) is 6.61 Å². The molecular weight excluding hydrogens is 318 g/mol. The fourth-order valence-corrected chi connectivity index (χ4v) is 2.57. The predicted molar refractivity (Wildman–Crippen MR) is 88.1 cm³/mol. The number of carbonyl (C=O) groups is 1. The lowest BCUT2D eigenvalue weighted by Crippen LogP contribution is -2.24. The first kappa shape index (κ1) is 16.6. The first-order chi connectivity index (χ1) is 11.0. The molecule has 2 aromatic rings. The minimum absolute atomic E-state index is 0.0242. The molecular formula is C15H15N3O4S. The average molecular weight is 333 g/mol. The van der Waals surface area contributed by atoms with E-state index in [0.29, 0.717) is 10.6 Å². The second kappa shape index (κ2) is 7.50. The molecule has 0 saturated carbocycles. The number of nitrogens with zero attached hydrogens (tertiary/aromatic N) is 2. The number of hydrazone groups is 1. The first-order valence-corrected chi connectivity index (χ1v) is 7.54. The number of ether oxygens (including phenoxy) is 1. The minimum atomic E-state index is -0.473. The van der Waals surface area contributed by atoms with Crippen molar-refractivity contribution in [2.24, 2.45) is 5.10 Å². The van der Waals surface area contributed by atoms with E-state index in [1.165, 1.54) is 12.3 Å². The molecule has 7 nitrogen and oxygen atoms in total. The molecule has 23 heavy (non-hydrogen) atoms. The second-order valence-electron chi connectivity index (χ2n) is 4.74. The van der Waals surface area contributed by atoms with Crippen LogP contribution in [0.4, 0.5) is 5.00 Å². The number of thiophene rings is 1. The van der Waals surface area contributed by atoms with E-state index in [4.69, 9.17) is 4.74 Å². The largest absolute Gasteiger partial charge is 0.483 e. The highest BCUT2D eigenvalue weighted by atomic mass is 32.1. The maximum Gasteiger partial charge on any atom is 0.324 e. The van der Waals surface area contributed by atoms with Crippen molar-refractivity contribution in [1.82, 2.24) is 5.43 Å². The zero-order valence-corrected chi connectivity index (χ0v) is 13.4. The van der Waals surface area contributed by atoms with E-state index in [1.54, 1.807) is 6.07 Å². The molecule has 1 aromatic heterocycles. The van der Waals surface area contributed by atoms with Gasteiger partial charge >= 0.3 is 5.00 Å². The van der Waals surface area contributed by atoms with E-state index >= 15 is 0 Å². The Morgan fingerprint density at radius 2 is 2.04 bits per heavy atom. The lowest BCUT2D eigenvalue weighted by molar-refractivity contribution is -0.380. The van der Waals surface area contributed by atoms with E-state index in [1.807, 2.05) is 32.0 Å². The SMILES string of the molecule is Cc1cccc(C)c1OCC(=O)N/N=C/c1ccc([N+](=O)[O-])s1. The Morgan fingerprint density at radius 1 is 1.35 bits per heavy atom. The van der Waals surface area contributed by atoms with Crippen LogP contribution in [0.5, 0.6) is 5.75 Å². The van der Waals surface area contributed by atoms with E-state index in [2.05, 4.69) is 10.5 Å². The molecule has 1 aromatic carbocycles. The number of aryl methyl sites for hydroxylation is 2. The molecule has 120 valence electrons. The Bertz CT molecular complexity index is 735. The molecule has 8 heteroatoms. The monoisotopic (exact) mass is 333 g/mol. The van der Waals surface area contributed by atoms with Crippen LogP contribution in [0.2, 0.25) is 0 Å². The average Bonchev–Trinajstić information content (AvgIpc) is 2.96. The normalized spacial score (nSPS) is 10.7. The van der Waals surface area contributed by atoms with Gasteiger partial charge < -0.3 is 4.74 Å². The summed E-state index contributed by atoms with van der Waals surface area (Å²) in [5.41, 5.74) is 4.22. The topological polar surface area (TPSA) is 93.8 Å². The van der Waals surface area contributed by atoms with Crippen molar-refractivity contribution in [3.63, 3.8) is 0 Å². The first-order valence-electron chi connectivity index (χ1n) is 6.72. The maximum absolute atomic E-state index is 11.7. The van der Waals surface area contributed by atoms with Crippen LogP contribution in [0.25, 0.3) is 0 Å². The Balaban J connectivity index is 1.85. The lowest BCUT2D eigenvalue weighted by Gasteiger charge is -2.10. The zero-order valence-electron chi connectivity index (χ0n) is 12.6. The summed E-state index contributed by atoms with van der Waals surface area (Å²) >= 11 is 0.976. The molecule has 0 aliphatic rings. The van der Waals surface area contributed by atoms with Crippen molar-refractivity contribution >= 4 is 28.5 Å². The molecule has 2 rings (SSSR count). The number of benzene rings is 1. The molecule has 0 aliphatic carbocycles. The predicted octanol–water partition coefficient (Wildman–Crippen LogP) is 2.80.